The SMILES string of the molecule is CCn1c2ccccc2c2cc(/C=N\NC(=S)NCCN3CCOCC3)ccc21. The highest BCUT2D eigenvalue weighted by atomic mass is 32.1. The Morgan fingerprint density at radius 3 is 2.76 bits per heavy atom. The Balaban J connectivity index is 1.37. The van der Waals surface area contributed by atoms with Crippen molar-refractivity contribution in [2.75, 3.05) is 39.4 Å². The van der Waals surface area contributed by atoms with E-state index in [1.54, 1.807) is 0 Å². The zero-order chi connectivity index (χ0) is 20.1. The largest absolute Gasteiger partial charge is 0.379 e. The van der Waals surface area contributed by atoms with Gasteiger partial charge in [-0.3, -0.25) is 10.3 Å². The van der Waals surface area contributed by atoms with Gasteiger partial charge >= 0.3 is 0 Å². The summed E-state index contributed by atoms with van der Waals surface area (Å²) in [6.07, 6.45) is 1.81. The first-order chi connectivity index (χ1) is 14.3. The van der Waals surface area contributed by atoms with Crippen LogP contribution in [0.4, 0.5) is 0 Å². The van der Waals surface area contributed by atoms with E-state index < -0.39 is 0 Å². The molecule has 2 N–H and O–H groups in total. The molecule has 1 aliphatic heterocycles. The van der Waals surface area contributed by atoms with E-state index in [9.17, 15) is 0 Å². The highest BCUT2D eigenvalue weighted by molar-refractivity contribution is 7.80. The summed E-state index contributed by atoms with van der Waals surface area (Å²) in [5.41, 5.74) is 6.47. The fourth-order valence-corrected chi connectivity index (χ4v) is 4.00. The number of hydrogen-bond donors (Lipinski definition) is 2. The summed E-state index contributed by atoms with van der Waals surface area (Å²) in [6, 6.07) is 15.0. The van der Waals surface area contributed by atoms with Gasteiger partial charge < -0.3 is 14.6 Å². The molecule has 6 nitrogen and oxygen atoms in total. The smallest absolute Gasteiger partial charge is 0.187 e. The Labute approximate surface area is 176 Å². The molecule has 0 unspecified atom stereocenters. The molecule has 2 heterocycles. The molecule has 0 aliphatic carbocycles. The van der Waals surface area contributed by atoms with Gasteiger partial charge in [-0.2, -0.15) is 5.10 Å². The maximum absolute atomic E-state index is 5.36. The van der Waals surface area contributed by atoms with Crippen LogP contribution >= 0.6 is 12.2 Å². The molecule has 1 saturated heterocycles. The molecule has 2 aromatic carbocycles. The zero-order valence-electron chi connectivity index (χ0n) is 16.7. The number of morpholine rings is 1. The van der Waals surface area contributed by atoms with Crippen LogP contribution < -0.4 is 10.7 Å². The number of aromatic nitrogens is 1. The zero-order valence-corrected chi connectivity index (χ0v) is 17.5. The topological polar surface area (TPSA) is 53.8 Å². The summed E-state index contributed by atoms with van der Waals surface area (Å²) in [7, 11) is 0. The second-order valence-electron chi connectivity index (χ2n) is 7.12. The number of fused-ring (bicyclic) bond motifs is 3. The molecule has 152 valence electrons. The van der Waals surface area contributed by atoms with Crippen molar-refractivity contribution in [3.05, 3.63) is 48.0 Å². The quantitative estimate of drug-likeness (QED) is 0.372. The van der Waals surface area contributed by atoms with E-state index in [1.807, 2.05) is 6.21 Å². The van der Waals surface area contributed by atoms with Crippen LogP contribution in [0, 0.1) is 0 Å². The van der Waals surface area contributed by atoms with Crippen LogP contribution in [0.5, 0.6) is 0 Å². The Bertz CT molecular complexity index is 1020. The van der Waals surface area contributed by atoms with Crippen LogP contribution in [0.3, 0.4) is 0 Å². The van der Waals surface area contributed by atoms with Crippen LogP contribution in [-0.2, 0) is 11.3 Å². The maximum Gasteiger partial charge on any atom is 0.187 e. The summed E-state index contributed by atoms with van der Waals surface area (Å²) in [4.78, 5) is 2.37. The molecule has 3 aromatic rings. The molecule has 7 heteroatoms. The Morgan fingerprint density at radius 2 is 1.93 bits per heavy atom. The van der Waals surface area contributed by atoms with Crippen molar-refractivity contribution in [1.82, 2.24) is 20.2 Å². The standard InChI is InChI=1S/C22H27N5OS/c1-2-27-20-6-4-3-5-18(20)19-15-17(7-8-21(19)27)16-24-25-22(29)23-9-10-26-11-13-28-14-12-26/h3-8,15-16H,2,9-14H2,1H3,(H2,23,25,29)/b24-16-. The monoisotopic (exact) mass is 409 g/mol. The summed E-state index contributed by atoms with van der Waals surface area (Å²) in [5.74, 6) is 0. The molecule has 0 radical (unpaired) electrons. The molecule has 1 aliphatic rings. The number of rotatable bonds is 6. The Hall–Kier alpha value is -2.48. The van der Waals surface area contributed by atoms with Gasteiger partial charge in [0, 0.05) is 54.5 Å². The van der Waals surface area contributed by atoms with Crippen molar-refractivity contribution in [2.45, 2.75) is 13.5 Å². The molecular formula is C22H27N5OS. The maximum atomic E-state index is 5.36. The van der Waals surface area contributed by atoms with E-state index in [1.165, 1.54) is 21.8 Å². The lowest BCUT2D eigenvalue weighted by Gasteiger charge is -2.26. The second kappa shape index (κ2) is 9.35. The van der Waals surface area contributed by atoms with Gasteiger partial charge in [0.15, 0.2) is 5.11 Å². The van der Waals surface area contributed by atoms with Crippen molar-refractivity contribution >= 4 is 45.4 Å². The molecule has 0 amide bonds. The third-order valence-corrected chi connectivity index (χ3v) is 5.55. The highest BCUT2D eigenvalue weighted by Crippen LogP contribution is 2.29. The van der Waals surface area contributed by atoms with Crippen LogP contribution in [0.1, 0.15) is 12.5 Å². The fraction of sp³-hybridized carbons (Fsp3) is 0.364. The lowest BCUT2D eigenvalue weighted by atomic mass is 10.1. The number of para-hydroxylation sites is 1. The minimum absolute atomic E-state index is 0.540. The second-order valence-corrected chi connectivity index (χ2v) is 7.53. The number of nitrogens with one attached hydrogen (secondary N) is 2. The summed E-state index contributed by atoms with van der Waals surface area (Å²) in [5, 5.41) is 10.6. The van der Waals surface area contributed by atoms with Crippen LogP contribution in [0.25, 0.3) is 21.8 Å². The van der Waals surface area contributed by atoms with Gasteiger partial charge in [0.05, 0.1) is 19.4 Å². The van der Waals surface area contributed by atoms with Crippen LogP contribution in [0.2, 0.25) is 0 Å². The summed E-state index contributed by atoms with van der Waals surface area (Å²) in [6.45, 7) is 8.47. The molecule has 1 aromatic heterocycles. The minimum atomic E-state index is 0.540. The summed E-state index contributed by atoms with van der Waals surface area (Å²) >= 11 is 5.31. The van der Waals surface area contributed by atoms with E-state index in [4.69, 9.17) is 17.0 Å². The van der Waals surface area contributed by atoms with Crippen molar-refractivity contribution < 1.29 is 4.74 Å². The lowest BCUT2D eigenvalue weighted by molar-refractivity contribution is 0.0389. The predicted molar refractivity (Wildman–Crippen MR) is 124 cm³/mol. The molecule has 0 bridgehead atoms. The average Bonchev–Trinajstić information content (AvgIpc) is 3.07. The highest BCUT2D eigenvalue weighted by Gasteiger charge is 2.10. The Kier molecular flexibility index (Phi) is 6.39. The number of thiocarbonyl (C=S) groups is 1. The lowest BCUT2D eigenvalue weighted by Crippen LogP contribution is -2.42. The van der Waals surface area contributed by atoms with Gasteiger partial charge in [-0.05, 0) is 42.9 Å². The fourth-order valence-electron chi connectivity index (χ4n) is 3.85. The molecule has 4 rings (SSSR count). The van der Waals surface area contributed by atoms with E-state index in [-0.39, 0.29) is 0 Å². The predicted octanol–water partition coefficient (Wildman–Crippen LogP) is 2.94. The van der Waals surface area contributed by atoms with E-state index >= 15 is 0 Å². The number of aryl methyl sites for hydroxylation is 1. The van der Waals surface area contributed by atoms with Gasteiger partial charge in [0.25, 0.3) is 0 Å². The van der Waals surface area contributed by atoms with Gasteiger partial charge in [0.2, 0.25) is 0 Å². The van der Waals surface area contributed by atoms with Crippen molar-refractivity contribution in [2.24, 2.45) is 5.10 Å². The molecular weight excluding hydrogens is 382 g/mol. The van der Waals surface area contributed by atoms with Crippen molar-refractivity contribution in [1.29, 1.82) is 0 Å². The number of nitrogens with zero attached hydrogens (tertiary/aromatic N) is 3. The molecule has 0 atom stereocenters. The van der Waals surface area contributed by atoms with Gasteiger partial charge in [-0.1, -0.05) is 24.3 Å². The number of hydrazone groups is 1. The minimum Gasteiger partial charge on any atom is -0.379 e. The Morgan fingerprint density at radius 1 is 1.14 bits per heavy atom. The third-order valence-electron chi connectivity index (χ3n) is 5.31. The van der Waals surface area contributed by atoms with Crippen LogP contribution in [-0.4, -0.2) is 60.2 Å². The molecule has 29 heavy (non-hydrogen) atoms. The van der Waals surface area contributed by atoms with E-state index in [2.05, 4.69) is 74.7 Å². The van der Waals surface area contributed by atoms with Crippen molar-refractivity contribution in [3.63, 3.8) is 0 Å². The number of ether oxygens (including phenoxy) is 1. The van der Waals surface area contributed by atoms with E-state index in [0.29, 0.717) is 5.11 Å². The summed E-state index contributed by atoms with van der Waals surface area (Å²) < 4.78 is 7.70. The first kappa shape index (κ1) is 19.8. The number of benzene rings is 2. The van der Waals surface area contributed by atoms with Gasteiger partial charge in [-0.25, -0.2) is 0 Å². The van der Waals surface area contributed by atoms with Crippen molar-refractivity contribution in [3.8, 4) is 0 Å². The first-order valence-electron chi connectivity index (χ1n) is 10.1. The van der Waals surface area contributed by atoms with E-state index in [0.717, 1.165) is 51.5 Å². The number of hydrogen-bond acceptors (Lipinski definition) is 4. The molecule has 0 saturated carbocycles. The van der Waals surface area contributed by atoms with Gasteiger partial charge in [-0.15, -0.1) is 0 Å². The normalized spacial score (nSPS) is 15.3. The van der Waals surface area contributed by atoms with Gasteiger partial charge in [0.1, 0.15) is 0 Å². The third kappa shape index (κ3) is 4.58. The molecule has 1 fully saturated rings. The first-order valence-corrected chi connectivity index (χ1v) is 10.5. The average molecular weight is 410 g/mol. The van der Waals surface area contributed by atoms with Crippen LogP contribution in [0.15, 0.2) is 47.6 Å². The molecule has 0 spiro atoms.